The maximum absolute atomic E-state index is 6.04. The van der Waals surface area contributed by atoms with Crippen molar-refractivity contribution in [1.82, 2.24) is 9.97 Å². The Balaban J connectivity index is 2.12. The molecule has 0 radical (unpaired) electrons. The fourth-order valence-electron chi connectivity index (χ4n) is 2.23. The Morgan fingerprint density at radius 2 is 2.12 bits per heavy atom. The van der Waals surface area contributed by atoms with Gasteiger partial charge in [0.2, 0.25) is 0 Å². The average molecular weight is 241 g/mol. The highest BCUT2D eigenvalue weighted by Crippen LogP contribution is 2.34. The molecule has 0 aliphatic heterocycles. The first-order valence-electron chi connectivity index (χ1n) is 5.62. The normalized spacial score (nSPS) is 29.3. The van der Waals surface area contributed by atoms with Crippen molar-refractivity contribution in [3.05, 3.63) is 11.3 Å². The average Bonchev–Trinajstić information content (AvgIpc) is 2.57. The molecule has 0 amide bonds. The first kappa shape index (κ1) is 11.5. The Morgan fingerprint density at radius 3 is 2.75 bits per heavy atom. The van der Waals surface area contributed by atoms with Crippen LogP contribution < -0.4 is 11.1 Å². The Bertz CT molecular complexity index is 382. The minimum absolute atomic E-state index is 0.331. The molecule has 0 spiro atoms. The Hall–Kier alpha value is -1.03. The summed E-state index contributed by atoms with van der Waals surface area (Å²) in [4.78, 5) is 7.97. The van der Waals surface area contributed by atoms with Gasteiger partial charge >= 0.3 is 0 Å². The number of nitrogen functional groups attached to an aromatic ring is 1. The zero-order valence-corrected chi connectivity index (χ0v) is 10.3. The lowest BCUT2D eigenvalue weighted by atomic mass is 9.98. The summed E-state index contributed by atoms with van der Waals surface area (Å²) in [5.41, 5.74) is 5.63. The van der Waals surface area contributed by atoms with E-state index in [-0.39, 0.29) is 0 Å². The molecule has 0 saturated heterocycles. The summed E-state index contributed by atoms with van der Waals surface area (Å²) in [6.07, 6.45) is 3.84. The van der Waals surface area contributed by atoms with E-state index in [4.69, 9.17) is 17.3 Å². The summed E-state index contributed by atoms with van der Waals surface area (Å²) in [6, 6.07) is 0.432. The van der Waals surface area contributed by atoms with Gasteiger partial charge in [-0.05, 0) is 24.7 Å². The molecule has 1 saturated carbocycles. The molecule has 88 valence electrons. The third kappa shape index (κ3) is 2.07. The minimum atomic E-state index is 0.331. The van der Waals surface area contributed by atoms with E-state index in [1.165, 1.54) is 12.7 Å². The van der Waals surface area contributed by atoms with Gasteiger partial charge in [-0.25, -0.2) is 9.97 Å². The molecule has 0 aromatic carbocycles. The van der Waals surface area contributed by atoms with Crippen LogP contribution in [0, 0.1) is 11.8 Å². The van der Waals surface area contributed by atoms with Crippen LogP contribution in [-0.4, -0.2) is 16.0 Å². The monoisotopic (exact) mass is 240 g/mol. The van der Waals surface area contributed by atoms with Gasteiger partial charge in [0.15, 0.2) is 5.82 Å². The molecule has 2 rings (SSSR count). The Labute approximate surface area is 101 Å². The highest BCUT2D eigenvalue weighted by molar-refractivity contribution is 6.35. The summed E-state index contributed by atoms with van der Waals surface area (Å²) in [6.45, 7) is 4.54. The van der Waals surface area contributed by atoms with Crippen molar-refractivity contribution in [3.8, 4) is 0 Å². The topological polar surface area (TPSA) is 63.8 Å². The van der Waals surface area contributed by atoms with Gasteiger partial charge in [-0.2, -0.15) is 0 Å². The van der Waals surface area contributed by atoms with Crippen LogP contribution in [0.3, 0.4) is 0 Å². The van der Waals surface area contributed by atoms with E-state index < -0.39 is 0 Å². The van der Waals surface area contributed by atoms with Crippen LogP contribution in [0.2, 0.25) is 5.02 Å². The Morgan fingerprint density at radius 1 is 1.38 bits per heavy atom. The van der Waals surface area contributed by atoms with E-state index >= 15 is 0 Å². The Kier molecular flexibility index (Phi) is 3.19. The second-order valence-electron chi connectivity index (χ2n) is 4.59. The number of halogens is 1. The molecule has 3 N–H and O–H groups in total. The van der Waals surface area contributed by atoms with E-state index in [2.05, 4.69) is 29.1 Å². The van der Waals surface area contributed by atoms with Crippen LogP contribution >= 0.6 is 11.6 Å². The van der Waals surface area contributed by atoms with Gasteiger partial charge in [0.1, 0.15) is 17.2 Å². The predicted octanol–water partition coefficient (Wildman–Crippen LogP) is 2.56. The molecular weight excluding hydrogens is 224 g/mol. The van der Waals surface area contributed by atoms with Crippen molar-refractivity contribution >= 4 is 23.2 Å². The number of nitrogens with one attached hydrogen (secondary N) is 1. The molecule has 5 heteroatoms. The van der Waals surface area contributed by atoms with Gasteiger partial charge in [-0.1, -0.05) is 25.4 Å². The second kappa shape index (κ2) is 4.45. The maximum atomic E-state index is 6.04. The number of nitrogens with zero attached hydrogens (tertiary/aromatic N) is 2. The molecule has 16 heavy (non-hydrogen) atoms. The number of aromatic nitrogens is 2. The molecule has 3 unspecified atom stereocenters. The first-order chi connectivity index (χ1) is 7.59. The molecule has 3 atom stereocenters. The first-order valence-corrected chi connectivity index (χ1v) is 6.00. The van der Waals surface area contributed by atoms with Crippen molar-refractivity contribution in [2.24, 2.45) is 11.8 Å². The molecule has 4 nitrogen and oxygen atoms in total. The third-order valence-electron chi connectivity index (χ3n) is 3.60. The largest absolute Gasteiger partial charge is 0.382 e. The van der Waals surface area contributed by atoms with Crippen LogP contribution in [0.15, 0.2) is 6.33 Å². The van der Waals surface area contributed by atoms with Crippen LogP contribution in [0.4, 0.5) is 11.6 Å². The highest BCUT2D eigenvalue weighted by Gasteiger charge is 2.30. The summed E-state index contributed by atoms with van der Waals surface area (Å²) in [5.74, 6) is 2.36. The smallest absolute Gasteiger partial charge is 0.150 e. The van der Waals surface area contributed by atoms with Crippen molar-refractivity contribution in [3.63, 3.8) is 0 Å². The molecule has 1 heterocycles. The summed E-state index contributed by atoms with van der Waals surface area (Å²) < 4.78 is 0. The SMILES string of the molecule is CC1CCC(Nc2ncnc(N)c2Cl)C1C. The molecule has 1 aromatic heterocycles. The summed E-state index contributed by atoms with van der Waals surface area (Å²) in [7, 11) is 0. The standard InChI is InChI=1S/C11H17ClN4/c1-6-3-4-8(7(6)2)16-11-9(12)10(13)14-5-15-11/h5-8H,3-4H2,1-2H3,(H3,13,14,15,16). The zero-order valence-electron chi connectivity index (χ0n) is 9.57. The number of anilines is 2. The van der Waals surface area contributed by atoms with Crippen molar-refractivity contribution in [2.75, 3.05) is 11.1 Å². The lowest BCUT2D eigenvalue weighted by Gasteiger charge is -2.20. The minimum Gasteiger partial charge on any atom is -0.382 e. The number of nitrogens with two attached hydrogens (primary N) is 1. The van der Waals surface area contributed by atoms with E-state index in [0.29, 0.717) is 28.6 Å². The zero-order chi connectivity index (χ0) is 11.7. The van der Waals surface area contributed by atoms with E-state index in [0.717, 1.165) is 12.3 Å². The molecule has 1 aliphatic carbocycles. The molecule has 0 bridgehead atoms. The second-order valence-corrected chi connectivity index (χ2v) is 4.96. The lowest BCUT2D eigenvalue weighted by molar-refractivity contribution is 0.435. The third-order valence-corrected chi connectivity index (χ3v) is 3.98. The number of rotatable bonds is 2. The summed E-state index contributed by atoms with van der Waals surface area (Å²) >= 11 is 6.04. The van der Waals surface area contributed by atoms with Gasteiger partial charge in [-0.15, -0.1) is 0 Å². The van der Waals surface area contributed by atoms with Gasteiger partial charge in [0, 0.05) is 6.04 Å². The summed E-state index contributed by atoms with van der Waals surface area (Å²) in [5, 5.41) is 3.79. The highest BCUT2D eigenvalue weighted by atomic mass is 35.5. The van der Waals surface area contributed by atoms with Crippen molar-refractivity contribution in [1.29, 1.82) is 0 Å². The van der Waals surface area contributed by atoms with Crippen LogP contribution in [-0.2, 0) is 0 Å². The van der Waals surface area contributed by atoms with Crippen molar-refractivity contribution < 1.29 is 0 Å². The van der Waals surface area contributed by atoms with Gasteiger partial charge in [-0.3, -0.25) is 0 Å². The fourth-order valence-corrected chi connectivity index (χ4v) is 2.38. The maximum Gasteiger partial charge on any atom is 0.150 e. The van der Waals surface area contributed by atoms with Gasteiger partial charge in [0.25, 0.3) is 0 Å². The number of hydrogen-bond acceptors (Lipinski definition) is 4. The van der Waals surface area contributed by atoms with Crippen LogP contribution in [0.1, 0.15) is 26.7 Å². The van der Waals surface area contributed by atoms with Crippen molar-refractivity contribution in [2.45, 2.75) is 32.7 Å². The molecular formula is C11H17ClN4. The van der Waals surface area contributed by atoms with Gasteiger partial charge in [0.05, 0.1) is 0 Å². The van der Waals surface area contributed by atoms with E-state index in [9.17, 15) is 0 Å². The molecule has 1 aromatic rings. The van der Waals surface area contributed by atoms with Crippen LogP contribution in [0.25, 0.3) is 0 Å². The molecule has 1 aliphatic rings. The fraction of sp³-hybridized carbons (Fsp3) is 0.636. The predicted molar refractivity (Wildman–Crippen MR) is 66.4 cm³/mol. The van der Waals surface area contributed by atoms with E-state index in [1.807, 2.05) is 0 Å². The van der Waals surface area contributed by atoms with Gasteiger partial charge < -0.3 is 11.1 Å². The molecule has 1 fully saturated rings. The quantitative estimate of drug-likeness (QED) is 0.834. The van der Waals surface area contributed by atoms with Crippen LogP contribution in [0.5, 0.6) is 0 Å². The number of hydrogen-bond donors (Lipinski definition) is 2. The van der Waals surface area contributed by atoms with E-state index in [1.54, 1.807) is 0 Å². The lowest BCUT2D eigenvalue weighted by Crippen LogP contribution is -2.24.